The lowest BCUT2D eigenvalue weighted by Gasteiger charge is -2.33. The molecule has 1 aliphatic rings. The molecule has 2 rings (SSSR count). The molecule has 0 spiro atoms. The summed E-state index contributed by atoms with van der Waals surface area (Å²) in [6, 6.07) is 4.82. The number of hydrogen-bond donors (Lipinski definition) is 5. The highest BCUT2D eigenvalue weighted by molar-refractivity contribution is 5.98. The largest absolute Gasteiger partial charge is 0.443 e. The van der Waals surface area contributed by atoms with Crippen molar-refractivity contribution in [2.24, 2.45) is 5.73 Å². The van der Waals surface area contributed by atoms with Crippen molar-refractivity contribution in [3.8, 4) is 0 Å². The number of hydrogen-bond acceptors (Lipinski definition) is 6. The van der Waals surface area contributed by atoms with Crippen LogP contribution in [-0.2, 0) is 14.3 Å². The van der Waals surface area contributed by atoms with Crippen LogP contribution in [0.5, 0.6) is 0 Å². The van der Waals surface area contributed by atoms with Crippen LogP contribution in [0.15, 0.2) is 48.6 Å². The average Bonchev–Trinajstić information content (AvgIpc) is 2.75. The maximum atomic E-state index is 12.6. The molecule has 4 unspecified atom stereocenters. The molecule has 6 N–H and O–H groups in total. The van der Waals surface area contributed by atoms with Crippen LogP contribution in [-0.4, -0.2) is 59.8 Å². The van der Waals surface area contributed by atoms with Crippen LogP contribution >= 0.6 is 0 Å². The van der Waals surface area contributed by atoms with Crippen molar-refractivity contribution in [3.63, 3.8) is 0 Å². The fourth-order valence-corrected chi connectivity index (χ4v) is 2.99. The number of benzene rings is 1. The Balaban J connectivity index is 2.24. The number of aryl methyl sites for hydroxylation is 1. The van der Waals surface area contributed by atoms with Gasteiger partial charge in [-0.2, -0.15) is 0 Å². The van der Waals surface area contributed by atoms with Crippen LogP contribution in [0, 0.1) is 6.92 Å². The average molecular weight is 444 g/mol. The smallest absolute Gasteiger partial charge is 0.407 e. The second-order valence-electron chi connectivity index (χ2n) is 7.46. The van der Waals surface area contributed by atoms with E-state index in [1.165, 1.54) is 19.1 Å². The Morgan fingerprint density at radius 2 is 1.91 bits per heavy atom. The maximum Gasteiger partial charge on any atom is 0.407 e. The third-order valence-corrected chi connectivity index (χ3v) is 4.88. The van der Waals surface area contributed by atoms with E-state index in [0.29, 0.717) is 5.56 Å². The molecule has 0 saturated carbocycles. The zero-order valence-electron chi connectivity index (χ0n) is 18.0. The van der Waals surface area contributed by atoms with Gasteiger partial charge in [-0.1, -0.05) is 29.8 Å². The fourth-order valence-electron chi connectivity index (χ4n) is 2.99. The first-order valence-corrected chi connectivity index (χ1v) is 10.0. The van der Waals surface area contributed by atoms with Crippen molar-refractivity contribution in [1.29, 1.82) is 0 Å². The van der Waals surface area contributed by atoms with Gasteiger partial charge in [0.05, 0.1) is 6.04 Å². The van der Waals surface area contributed by atoms with Crippen molar-refractivity contribution in [1.82, 2.24) is 16.0 Å². The molecule has 4 amide bonds. The van der Waals surface area contributed by atoms with Gasteiger partial charge in [0.1, 0.15) is 18.2 Å². The number of carbonyl (C=O) groups is 4. The molecule has 0 radical (unpaired) electrons. The fraction of sp³-hybridized carbons (Fsp3) is 0.364. The van der Waals surface area contributed by atoms with Gasteiger partial charge in [-0.25, -0.2) is 4.79 Å². The van der Waals surface area contributed by atoms with Crippen LogP contribution in [0.1, 0.15) is 29.3 Å². The van der Waals surface area contributed by atoms with E-state index in [-0.39, 0.29) is 18.5 Å². The molecule has 0 saturated heterocycles. The van der Waals surface area contributed by atoms with Crippen LogP contribution in [0.2, 0.25) is 0 Å². The number of amides is 4. The molecule has 4 atom stereocenters. The second-order valence-corrected chi connectivity index (χ2v) is 7.46. The molecule has 0 aromatic heterocycles. The summed E-state index contributed by atoms with van der Waals surface area (Å²) in [5.41, 5.74) is 6.64. The van der Waals surface area contributed by atoms with E-state index in [4.69, 9.17) is 10.5 Å². The number of aliphatic hydroxyl groups excluding tert-OH is 1. The molecule has 0 fully saturated rings. The zero-order chi connectivity index (χ0) is 23.8. The predicted octanol–water partition coefficient (Wildman–Crippen LogP) is 0.0552. The Morgan fingerprint density at radius 1 is 1.25 bits per heavy atom. The minimum atomic E-state index is -1.32. The van der Waals surface area contributed by atoms with E-state index in [9.17, 15) is 24.3 Å². The summed E-state index contributed by atoms with van der Waals surface area (Å²) in [5.74, 6) is -1.83. The quantitative estimate of drug-likeness (QED) is 0.356. The van der Waals surface area contributed by atoms with E-state index < -0.39 is 48.1 Å². The van der Waals surface area contributed by atoms with Gasteiger partial charge in [0, 0.05) is 24.1 Å². The Kier molecular flexibility index (Phi) is 8.54. The second kappa shape index (κ2) is 11.1. The minimum Gasteiger partial charge on any atom is -0.443 e. The van der Waals surface area contributed by atoms with Gasteiger partial charge in [0.15, 0.2) is 0 Å². The van der Waals surface area contributed by atoms with Gasteiger partial charge in [0.2, 0.25) is 11.8 Å². The number of ether oxygens (including phenoxy) is 1. The SMILES string of the molecule is C=CCNC(=O)OC1CC(C(=O)NC(C)C(N)=O)=CC(NC(=O)c2ccc(C)cc2)C1O. The lowest BCUT2D eigenvalue weighted by Crippen LogP contribution is -2.53. The molecular weight excluding hydrogens is 416 g/mol. The first-order valence-electron chi connectivity index (χ1n) is 10.0. The highest BCUT2D eigenvalue weighted by Gasteiger charge is 2.37. The topological polar surface area (TPSA) is 160 Å². The van der Waals surface area contributed by atoms with Gasteiger partial charge in [-0.05, 0) is 26.0 Å². The number of aliphatic hydroxyl groups is 1. The molecule has 1 aromatic carbocycles. The highest BCUT2D eigenvalue weighted by atomic mass is 16.6. The lowest BCUT2D eigenvalue weighted by molar-refractivity contribution is -0.125. The van der Waals surface area contributed by atoms with Crippen LogP contribution in [0.4, 0.5) is 4.79 Å². The molecular formula is C22H28N4O6. The van der Waals surface area contributed by atoms with Crippen LogP contribution in [0.3, 0.4) is 0 Å². The molecule has 10 nitrogen and oxygen atoms in total. The van der Waals surface area contributed by atoms with Crippen molar-refractivity contribution in [2.75, 3.05) is 6.54 Å². The summed E-state index contributed by atoms with van der Waals surface area (Å²) >= 11 is 0. The van der Waals surface area contributed by atoms with E-state index in [1.807, 2.05) is 6.92 Å². The van der Waals surface area contributed by atoms with E-state index in [1.54, 1.807) is 24.3 Å². The number of carbonyl (C=O) groups excluding carboxylic acids is 4. The lowest BCUT2D eigenvalue weighted by atomic mass is 9.89. The van der Waals surface area contributed by atoms with Crippen LogP contribution in [0.25, 0.3) is 0 Å². The maximum absolute atomic E-state index is 12.6. The highest BCUT2D eigenvalue weighted by Crippen LogP contribution is 2.23. The number of nitrogens with one attached hydrogen (secondary N) is 3. The molecule has 1 aromatic rings. The number of primary amides is 1. The Morgan fingerprint density at radius 3 is 2.50 bits per heavy atom. The summed E-state index contributed by atoms with van der Waals surface area (Å²) < 4.78 is 5.26. The summed E-state index contributed by atoms with van der Waals surface area (Å²) in [5, 5.41) is 18.2. The van der Waals surface area contributed by atoms with Gasteiger partial charge in [-0.3, -0.25) is 14.4 Å². The standard InChI is InChI=1S/C22H28N4O6/c1-4-9-24-22(31)32-17-11-15(21(30)25-13(3)19(23)28)10-16(18(17)27)26-20(29)14-7-5-12(2)6-8-14/h4-8,10,13,16-18,27H,1,9,11H2,2-3H3,(H2,23,28)(H,24,31)(H,25,30)(H,26,29). The normalized spacial score (nSPS) is 20.8. The molecule has 0 heterocycles. The molecule has 32 heavy (non-hydrogen) atoms. The first kappa shape index (κ1) is 24.6. The third kappa shape index (κ3) is 6.67. The Bertz CT molecular complexity index is 912. The zero-order valence-corrected chi connectivity index (χ0v) is 18.0. The molecule has 0 aliphatic heterocycles. The first-order chi connectivity index (χ1) is 15.1. The van der Waals surface area contributed by atoms with Crippen molar-refractivity contribution in [3.05, 3.63) is 59.7 Å². The number of alkyl carbamates (subject to hydrolysis) is 1. The molecule has 1 aliphatic carbocycles. The molecule has 10 heteroatoms. The predicted molar refractivity (Wildman–Crippen MR) is 116 cm³/mol. The molecule has 172 valence electrons. The summed E-state index contributed by atoms with van der Waals surface area (Å²) in [7, 11) is 0. The summed E-state index contributed by atoms with van der Waals surface area (Å²) in [4.78, 5) is 48.5. The number of rotatable bonds is 8. The molecule has 0 bridgehead atoms. The Labute approximate surface area is 185 Å². The van der Waals surface area contributed by atoms with E-state index >= 15 is 0 Å². The van der Waals surface area contributed by atoms with Gasteiger partial charge in [-0.15, -0.1) is 6.58 Å². The third-order valence-electron chi connectivity index (χ3n) is 4.88. The van der Waals surface area contributed by atoms with E-state index in [0.717, 1.165) is 5.56 Å². The Hall–Kier alpha value is -3.66. The van der Waals surface area contributed by atoms with Crippen molar-refractivity contribution in [2.45, 2.75) is 44.6 Å². The van der Waals surface area contributed by atoms with Gasteiger partial charge >= 0.3 is 6.09 Å². The van der Waals surface area contributed by atoms with Crippen molar-refractivity contribution >= 4 is 23.8 Å². The summed E-state index contributed by atoms with van der Waals surface area (Å²) in [6.45, 7) is 6.93. The minimum absolute atomic E-state index is 0.124. The van der Waals surface area contributed by atoms with Gasteiger partial charge in [0.25, 0.3) is 5.91 Å². The van der Waals surface area contributed by atoms with Crippen molar-refractivity contribution < 1.29 is 29.0 Å². The van der Waals surface area contributed by atoms with Crippen LogP contribution < -0.4 is 21.7 Å². The van der Waals surface area contributed by atoms with Gasteiger partial charge < -0.3 is 31.5 Å². The number of nitrogens with two attached hydrogens (primary N) is 1. The van der Waals surface area contributed by atoms with E-state index in [2.05, 4.69) is 22.5 Å². The monoisotopic (exact) mass is 444 g/mol. The summed E-state index contributed by atoms with van der Waals surface area (Å²) in [6.07, 6.45) is -0.558.